The third-order valence-electron chi connectivity index (χ3n) is 2.33. The average Bonchev–Trinajstić information content (AvgIpc) is 2.38. The molecule has 0 spiro atoms. The largest absolute Gasteiger partial charge is 0.460 e. The number of carbonyl (C=O) groups is 1. The van der Waals surface area contributed by atoms with Crippen LogP contribution >= 0.6 is 0 Å². The zero-order valence-electron chi connectivity index (χ0n) is 10.7. The van der Waals surface area contributed by atoms with Gasteiger partial charge in [0.25, 0.3) is 5.91 Å². The number of rotatable bonds is 3. The molecule has 0 atom stereocenters. The van der Waals surface area contributed by atoms with E-state index in [0.717, 1.165) is 25.9 Å². The highest BCUT2D eigenvalue weighted by Gasteiger charge is 2.20. The molecule has 1 saturated heterocycles. The Kier molecular flexibility index (Phi) is 8.31. The van der Waals surface area contributed by atoms with Gasteiger partial charge in [-0.3, -0.25) is 4.79 Å². The highest BCUT2D eigenvalue weighted by Crippen LogP contribution is 2.12. The molecule has 0 saturated carbocycles. The first-order valence-corrected chi connectivity index (χ1v) is 6.02. The second-order valence-electron chi connectivity index (χ2n) is 3.29. The first kappa shape index (κ1) is 14.8. The molecule has 1 amide bonds. The van der Waals surface area contributed by atoms with Gasteiger partial charge in [0.2, 0.25) is 0 Å². The van der Waals surface area contributed by atoms with Crippen molar-refractivity contribution in [1.29, 1.82) is 0 Å². The molecule has 0 unspecified atom stereocenters. The van der Waals surface area contributed by atoms with E-state index in [2.05, 4.69) is 6.58 Å². The minimum Gasteiger partial charge on any atom is -0.460 e. The van der Waals surface area contributed by atoms with Gasteiger partial charge in [0.1, 0.15) is 0 Å². The Morgan fingerprint density at radius 2 is 1.81 bits per heavy atom. The van der Waals surface area contributed by atoms with Crippen LogP contribution in [0.2, 0.25) is 0 Å². The molecule has 1 fully saturated rings. The summed E-state index contributed by atoms with van der Waals surface area (Å²) in [6.45, 7) is 10.9. The number of allylic oxidation sites excluding steroid dienone is 1. The smallest absolute Gasteiger partial charge is 0.289 e. The van der Waals surface area contributed by atoms with Crippen LogP contribution in [0, 0.1) is 0 Å². The first-order chi connectivity index (χ1) is 7.79. The molecule has 0 aliphatic carbocycles. The van der Waals surface area contributed by atoms with Crippen molar-refractivity contribution in [2.24, 2.45) is 0 Å². The van der Waals surface area contributed by atoms with Crippen LogP contribution in [-0.4, -0.2) is 23.9 Å². The van der Waals surface area contributed by atoms with Crippen molar-refractivity contribution in [2.45, 2.75) is 40.0 Å². The summed E-state index contributed by atoms with van der Waals surface area (Å²) in [6.07, 6.45) is 6.38. The Morgan fingerprint density at radius 1 is 1.25 bits per heavy atom. The Labute approximate surface area is 98.8 Å². The van der Waals surface area contributed by atoms with Crippen molar-refractivity contribution in [1.82, 2.24) is 4.90 Å². The summed E-state index contributed by atoms with van der Waals surface area (Å²) in [6, 6.07) is 0. The molecule has 1 rings (SSSR count). The number of carbonyl (C=O) groups excluding carboxylic acids is 1. The molecule has 0 aromatic rings. The van der Waals surface area contributed by atoms with Crippen LogP contribution in [0.3, 0.4) is 0 Å². The number of amides is 1. The molecule has 1 heterocycles. The van der Waals surface area contributed by atoms with Gasteiger partial charge >= 0.3 is 0 Å². The van der Waals surface area contributed by atoms with Crippen LogP contribution in [0.25, 0.3) is 0 Å². The van der Waals surface area contributed by atoms with E-state index in [-0.39, 0.29) is 5.91 Å². The normalized spacial score (nSPS) is 15.9. The van der Waals surface area contributed by atoms with Gasteiger partial charge in [-0.15, -0.1) is 0 Å². The Morgan fingerprint density at radius 3 is 2.25 bits per heavy atom. The monoisotopic (exact) mass is 225 g/mol. The second-order valence-corrected chi connectivity index (χ2v) is 3.29. The lowest BCUT2D eigenvalue weighted by Gasteiger charge is -2.26. The lowest BCUT2D eigenvalue weighted by Crippen LogP contribution is -2.36. The highest BCUT2D eigenvalue weighted by molar-refractivity contribution is 5.91. The van der Waals surface area contributed by atoms with Crippen molar-refractivity contribution >= 4 is 5.91 Å². The van der Waals surface area contributed by atoms with E-state index < -0.39 is 0 Å². The summed E-state index contributed by atoms with van der Waals surface area (Å²) in [4.78, 5) is 13.6. The molecule has 0 radical (unpaired) electrons. The van der Waals surface area contributed by atoms with E-state index in [1.165, 1.54) is 12.7 Å². The maximum absolute atomic E-state index is 11.8. The van der Waals surface area contributed by atoms with Crippen molar-refractivity contribution in [3.8, 4) is 0 Å². The molecule has 0 aromatic heterocycles. The van der Waals surface area contributed by atoms with Crippen LogP contribution in [0.5, 0.6) is 0 Å². The predicted molar refractivity (Wildman–Crippen MR) is 66.8 cm³/mol. The molecule has 1 aliphatic rings. The minimum absolute atomic E-state index is 0.0212. The third kappa shape index (κ3) is 4.51. The molecular weight excluding hydrogens is 202 g/mol. The fraction of sp³-hybridized carbons (Fsp3) is 0.615. The Bertz CT molecular complexity index is 240. The van der Waals surface area contributed by atoms with Crippen molar-refractivity contribution < 1.29 is 9.53 Å². The summed E-state index contributed by atoms with van der Waals surface area (Å²) in [5.74, 6) is 0.356. The summed E-state index contributed by atoms with van der Waals surface area (Å²) in [7, 11) is 0. The maximum atomic E-state index is 11.8. The molecule has 1 aliphatic heterocycles. The summed E-state index contributed by atoms with van der Waals surface area (Å²) in [5, 5.41) is 0. The van der Waals surface area contributed by atoms with E-state index >= 15 is 0 Å². The number of nitrogens with zero attached hydrogens (tertiary/aromatic N) is 1. The number of piperidine rings is 1. The van der Waals surface area contributed by atoms with E-state index in [9.17, 15) is 4.79 Å². The van der Waals surface area contributed by atoms with Crippen LogP contribution in [-0.2, 0) is 9.53 Å². The lowest BCUT2D eigenvalue weighted by molar-refractivity contribution is -0.130. The van der Waals surface area contributed by atoms with Gasteiger partial charge in [-0.2, -0.15) is 0 Å². The predicted octanol–water partition coefficient (Wildman–Crippen LogP) is 3.09. The topological polar surface area (TPSA) is 29.5 Å². The maximum Gasteiger partial charge on any atom is 0.289 e. The van der Waals surface area contributed by atoms with Gasteiger partial charge < -0.3 is 9.64 Å². The molecule has 0 N–H and O–H groups in total. The Hall–Kier alpha value is -1.25. The summed E-state index contributed by atoms with van der Waals surface area (Å²) in [5.41, 5.74) is 0. The lowest BCUT2D eigenvalue weighted by atomic mass is 10.1. The number of ether oxygens (including phenoxy) is 1. The fourth-order valence-electron chi connectivity index (χ4n) is 1.58. The molecule has 0 bridgehead atoms. The second kappa shape index (κ2) is 9.01. The molecule has 3 heteroatoms. The highest BCUT2D eigenvalue weighted by atomic mass is 16.5. The molecule has 16 heavy (non-hydrogen) atoms. The van der Waals surface area contributed by atoms with Crippen molar-refractivity contribution in [2.75, 3.05) is 13.1 Å². The summed E-state index contributed by atoms with van der Waals surface area (Å²) < 4.78 is 5.04. The SMILES string of the molecule is C=CO/C(=C\C)C(=O)N1CCCCC1.CC. The number of hydrogen-bond donors (Lipinski definition) is 0. The van der Waals surface area contributed by atoms with Gasteiger partial charge in [-0.1, -0.05) is 20.4 Å². The van der Waals surface area contributed by atoms with Gasteiger partial charge in [0.05, 0.1) is 6.26 Å². The van der Waals surface area contributed by atoms with Crippen molar-refractivity contribution in [3.63, 3.8) is 0 Å². The molecule has 0 aromatic carbocycles. The third-order valence-corrected chi connectivity index (χ3v) is 2.33. The van der Waals surface area contributed by atoms with Crippen LogP contribution < -0.4 is 0 Å². The van der Waals surface area contributed by atoms with Gasteiger partial charge in [0.15, 0.2) is 5.76 Å². The molecular formula is C13H23NO2. The van der Waals surface area contributed by atoms with E-state index in [1.807, 2.05) is 18.7 Å². The first-order valence-electron chi connectivity index (χ1n) is 6.02. The van der Waals surface area contributed by atoms with Crippen LogP contribution in [0.1, 0.15) is 40.0 Å². The summed E-state index contributed by atoms with van der Waals surface area (Å²) >= 11 is 0. The van der Waals surface area contributed by atoms with Gasteiger partial charge in [-0.25, -0.2) is 0 Å². The molecule has 3 nitrogen and oxygen atoms in total. The van der Waals surface area contributed by atoms with E-state index in [4.69, 9.17) is 4.74 Å². The zero-order chi connectivity index (χ0) is 12.4. The number of hydrogen-bond acceptors (Lipinski definition) is 2. The van der Waals surface area contributed by atoms with Crippen LogP contribution in [0.4, 0.5) is 0 Å². The van der Waals surface area contributed by atoms with Gasteiger partial charge in [0, 0.05) is 13.1 Å². The standard InChI is InChI=1S/C11H17NO2.C2H6/c1-3-10(14-4-2)11(13)12-8-6-5-7-9-12;1-2/h3-4H,2,5-9H2,1H3;1-2H3/b10-3-;. The quantitative estimate of drug-likeness (QED) is 0.545. The van der Waals surface area contributed by atoms with Gasteiger partial charge in [-0.05, 0) is 32.3 Å². The molecule has 92 valence electrons. The zero-order valence-corrected chi connectivity index (χ0v) is 10.7. The van der Waals surface area contributed by atoms with E-state index in [1.54, 1.807) is 13.0 Å². The average molecular weight is 225 g/mol. The minimum atomic E-state index is -0.0212. The van der Waals surface area contributed by atoms with E-state index in [0.29, 0.717) is 5.76 Å². The number of likely N-dealkylation sites (tertiary alicyclic amines) is 1. The fourth-order valence-corrected chi connectivity index (χ4v) is 1.58. The van der Waals surface area contributed by atoms with Crippen LogP contribution in [0.15, 0.2) is 24.7 Å². The van der Waals surface area contributed by atoms with Crippen molar-refractivity contribution in [3.05, 3.63) is 24.7 Å². The Balaban J connectivity index is 0.00000106.